The van der Waals surface area contributed by atoms with Crippen molar-refractivity contribution in [1.82, 2.24) is 14.1 Å². The van der Waals surface area contributed by atoms with Gasteiger partial charge in [-0.3, -0.25) is 9.59 Å². The number of benzene rings is 2. The number of rotatable bonds is 5. The summed E-state index contributed by atoms with van der Waals surface area (Å²) in [6.07, 6.45) is 1.50. The quantitative estimate of drug-likeness (QED) is 0.519. The van der Waals surface area contributed by atoms with E-state index in [0.717, 1.165) is 4.57 Å². The number of nitrogens with zero attached hydrogens (tertiary/aromatic N) is 3. The fraction of sp³-hybridized carbons (Fsp3) is 0.0909. The van der Waals surface area contributed by atoms with Crippen molar-refractivity contribution in [3.8, 4) is 11.4 Å². The standard InChI is InChI=1S/C22H17ClN4O4/c1-31-18-10-9-14(23)12-17(18)25-19(28)13-26-21(29)16-8-5-11-24-20(16)27(22(26)30)15-6-3-2-4-7-15/h2-12H,13H2,1H3,(H,25,28). The molecule has 0 fully saturated rings. The van der Waals surface area contributed by atoms with Crippen LogP contribution in [0.25, 0.3) is 16.7 Å². The van der Waals surface area contributed by atoms with Gasteiger partial charge >= 0.3 is 5.69 Å². The fourth-order valence-electron chi connectivity index (χ4n) is 3.25. The number of fused-ring (bicyclic) bond motifs is 1. The molecule has 1 amide bonds. The van der Waals surface area contributed by atoms with Crippen LogP contribution in [0.2, 0.25) is 5.02 Å². The summed E-state index contributed by atoms with van der Waals surface area (Å²) < 4.78 is 7.41. The van der Waals surface area contributed by atoms with E-state index in [1.54, 1.807) is 48.5 Å². The number of methoxy groups -OCH3 is 1. The molecule has 1 N–H and O–H groups in total. The van der Waals surface area contributed by atoms with E-state index in [1.807, 2.05) is 6.07 Å². The third-order valence-electron chi connectivity index (χ3n) is 4.65. The molecular formula is C22H17ClN4O4. The molecule has 0 bridgehead atoms. The van der Waals surface area contributed by atoms with Crippen LogP contribution in [0.5, 0.6) is 5.75 Å². The zero-order valence-electron chi connectivity index (χ0n) is 16.4. The van der Waals surface area contributed by atoms with E-state index in [9.17, 15) is 14.4 Å². The lowest BCUT2D eigenvalue weighted by Crippen LogP contribution is -2.42. The number of ether oxygens (including phenoxy) is 1. The van der Waals surface area contributed by atoms with Gasteiger partial charge in [0.15, 0.2) is 5.65 Å². The summed E-state index contributed by atoms with van der Waals surface area (Å²) in [5.74, 6) is -0.183. The first-order valence-corrected chi connectivity index (χ1v) is 9.67. The Bertz CT molecular complexity index is 1400. The van der Waals surface area contributed by atoms with Gasteiger partial charge in [-0.1, -0.05) is 29.8 Å². The summed E-state index contributed by atoms with van der Waals surface area (Å²) in [5.41, 5.74) is -0.193. The molecule has 0 saturated heterocycles. The van der Waals surface area contributed by atoms with Crippen molar-refractivity contribution in [2.24, 2.45) is 0 Å². The molecule has 2 aromatic heterocycles. The van der Waals surface area contributed by atoms with Gasteiger partial charge in [-0.25, -0.2) is 18.9 Å². The molecule has 4 aromatic rings. The second-order valence-electron chi connectivity index (χ2n) is 6.61. The van der Waals surface area contributed by atoms with Crippen molar-refractivity contribution in [3.63, 3.8) is 0 Å². The number of carbonyl (C=O) groups excluding carboxylic acids is 1. The second-order valence-corrected chi connectivity index (χ2v) is 7.05. The maximum atomic E-state index is 13.2. The van der Waals surface area contributed by atoms with Crippen molar-refractivity contribution < 1.29 is 9.53 Å². The van der Waals surface area contributed by atoms with E-state index in [1.165, 1.54) is 23.9 Å². The van der Waals surface area contributed by atoms with Crippen LogP contribution in [0.3, 0.4) is 0 Å². The highest BCUT2D eigenvalue weighted by Crippen LogP contribution is 2.27. The number of aromatic nitrogens is 3. The number of pyridine rings is 1. The Labute approximate surface area is 181 Å². The molecule has 0 aliphatic heterocycles. The summed E-state index contributed by atoms with van der Waals surface area (Å²) >= 11 is 6.00. The molecule has 0 aliphatic rings. The molecule has 0 aliphatic carbocycles. The number of amides is 1. The number of para-hydroxylation sites is 1. The molecule has 0 unspecified atom stereocenters. The Hall–Kier alpha value is -3.91. The first kappa shape index (κ1) is 20.4. The Morgan fingerprint density at radius 3 is 2.61 bits per heavy atom. The van der Waals surface area contributed by atoms with E-state index in [-0.39, 0.29) is 11.0 Å². The largest absolute Gasteiger partial charge is 0.495 e. The molecule has 156 valence electrons. The minimum Gasteiger partial charge on any atom is -0.495 e. The Morgan fingerprint density at radius 1 is 1.10 bits per heavy atom. The van der Waals surface area contributed by atoms with Crippen LogP contribution < -0.4 is 21.3 Å². The molecule has 8 nitrogen and oxygen atoms in total. The Morgan fingerprint density at radius 2 is 1.87 bits per heavy atom. The smallest absolute Gasteiger partial charge is 0.337 e. The predicted molar refractivity (Wildman–Crippen MR) is 118 cm³/mol. The maximum absolute atomic E-state index is 13.2. The van der Waals surface area contributed by atoms with Gasteiger partial charge < -0.3 is 10.1 Å². The van der Waals surface area contributed by atoms with Crippen molar-refractivity contribution in [2.75, 3.05) is 12.4 Å². The van der Waals surface area contributed by atoms with E-state index < -0.39 is 23.7 Å². The van der Waals surface area contributed by atoms with Gasteiger partial charge in [-0.2, -0.15) is 0 Å². The highest BCUT2D eigenvalue weighted by molar-refractivity contribution is 6.31. The summed E-state index contributed by atoms with van der Waals surface area (Å²) in [6, 6.07) is 16.7. The van der Waals surface area contributed by atoms with E-state index >= 15 is 0 Å². The zero-order valence-corrected chi connectivity index (χ0v) is 17.2. The lowest BCUT2D eigenvalue weighted by molar-refractivity contribution is -0.116. The van der Waals surface area contributed by atoms with Crippen molar-refractivity contribution >= 4 is 34.2 Å². The molecule has 0 atom stereocenters. The minimum absolute atomic E-state index is 0.219. The maximum Gasteiger partial charge on any atom is 0.337 e. The van der Waals surface area contributed by atoms with E-state index in [4.69, 9.17) is 16.3 Å². The summed E-state index contributed by atoms with van der Waals surface area (Å²) in [5, 5.41) is 3.26. The van der Waals surface area contributed by atoms with E-state index in [0.29, 0.717) is 22.1 Å². The first-order chi connectivity index (χ1) is 15.0. The number of anilines is 1. The SMILES string of the molecule is COc1ccc(Cl)cc1NC(=O)Cn1c(=O)c2cccnc2n(-c2ccccc2)c1=O. The number of hydrogen-bond donors (Lipinski definition) is 1. The van der Waals surface area contributed by atoms with E-state index in [2.05, 4.69) is 10.3 Å². The minimum atomic E-state index is -0.671. The number of nitrogens with one attached hydrogen (secondary N) is 1. The van der Waals surface area contributed by atoms with Crippen LogP contribution in [0.1, 0.15) is 0 Å². The molecule has 2 aromatic carbocycles. The molecular weight excluding hydrogens is 420 g/mol. The predicted octanol–water partition coefficient (Wildman–Crippen LogP) is 2.85. The van der Waals surface area contributed by atoms with Gasteiger partial charge in [0.1, 0.15) is 12.3 Å². The van der Waals surface area contributed by atoms with Crippen LogP contribution in [0.4, 0.5) is 5.69 Å². The highest BCUT2D eigenvalue weighted by Gasteiger charge is 2.18. The van der Waals surface area contributed by atoms with Crippen molar-refractivity contribution in [3.05, 3.63) is 92.7 Å². The van der Waals surface area contributed by atoms with Gasteiger partial charge in [0.2, 0.25) is 5.91 Å². The van der Waals surface area contributed by atoms with Crippen LogP contribution in [0, 0.1) is 0 Å². The molecule has 2 heterocycles. The van der Waals surface area contributed by atoms with Gasteiger partial charge in [0.25, 0.3) is 5.56 Å². The Kier molecular flexibility index (Phi) is 5.55. The van der Waals surface area contributed by atoms with Crippen LogP contribution in [-0.2, 0) is 11.3 Å². The Balaban J connectivity index is 1.80. The average Bonchev–Trinajstić information content (AvgIpc) is 2.78. The van der Waals surface area contributed by atoms with Crippen molar-refractivity contribution in [2.45, 2.75) is 6.54 Å². The molecule has 0 saturated carbocycles. The fourth-order valence-corrected chi connectivity index (χ4v) is 3.42. The van der Waals surface area contributed by atoms with Crippen molar-refractivity contribution in [1.29, 1.82) is 0 Å². The second kappa shape index (κ2) is 8.45. The van der Waals surface area contributed by atoms with Crippen LogP contribution in [0.15, 0.2) is 76.4 Å². The lowest BCUT2D eigenvalue weighted by atomic mass is 10.2. The summed E-state index contributed by atoms with van der Waals surface area (Å²) in [4.78, 5) is 43.1. The molecule has 4 rings (SSSR count). The monoisotopic (exact) mass is 436 g/mol. The molecule has 0 spiro atoms. The van der Waals surface area contributed by atoms with Crippen LogP contribution in [-0.4, -0.2) is 27.1 Å². The van der Waals surface area contributed by atoms with Gasteiger partial charge in [-0.15, -0.1) is 0 Å². The number of carbonyl (C=O) groups is 1. The molecule has 31 heavy (non-hydrogen) atoms. The number of halogens is 1. The van der Waals surface area contributed by atoms with Gasteiger partial charge in [-0.05, 0) is 42.5 Å². The summed E-state index contributed by atoms with van der Waals surface area (Å²) in [6.45, 7) is -0.495. The first-order valence-electron chi connectivity index (χ1n) is 9.29. The zero-order chi connectivity index (χ0) is 22.0. The highest BCUT2D eigenvalue weighted by atomic mass is 35.5. The normalized spacial score (nSPS) is 10.8. The lowest BCUT2D eigenvalue weighted by Gasteiger charge is -2.14. The third-order valence-corrected chi connectivity index (χ3v) is 4.88. The summed E-state index contributed by atoms with van der Waals surface area (Å²) in [7, 11) is 1.46. The topological polar surface area (TPSA) is 95.2 Å². The van der Waals surface area contributed by atoms with Gasteiger partial charge in [0.05, 0.1) is 23.9 Å². The number of hydrogen-bond acceptors (Lipinski definition) is 5. The molecule has 9 heteroatoms. The van der Waals surface area contributed by atoms with Gasteiger partial charge in [0, 0.05) is 11.2 Å². The van der Waals surface area contributed by atoms with Crippen LogP contribution >= 0.6 is 11.6 Å². The average molecular weight is 437 g/mol. The third kappa shape index (κ3) is 3.93. The molecule has 0 radical (unpaired) electrons.